The minimum absolute atomic E-state index is 0.195. The van der Waals surface area contributed by atoms with Gasteiger partial charge >= 0.3 is 5.97 Å². The summed E-state index contributed by atoms with van der Waals surface area (Å²) in [5, 5.41) is 49.6. The highest BCUT2D eigenvalue weighted by Gasteiger charge is 2.43. The number of unbranched alkanes of at least 4 members (excludes halogenated alkanes) is 1. The molecule has 11 heteroatoms. The minimum Gasteiger partial charge on any atom is -0.480 e. The van der Waals surface area contributed by atoms with Crippen LogP contribution in [-0.2, 0) is 14.3 Å². The number of rotatable bonds is 9. The van der Waals surface area contributed by atoms with Gasteiger partial charge in [-0.25, -0.2) is 4.79 Å². The molecule has 0 unspecified atom stereocenters. The first-order valence-electron chi connectivity index (χ1n) is 7.88. The molecule has 0 aromatic rings. The fourth-order valence-corrected chi connectivity index (χ4v) is 2.36. The van der Waals surface area contributed by atoms with Crippen LogP contribution >= 0.6 is 0 Å². The standard InChI is InChI=1S/C14H25N3O8/c15-4-2-1-3-7(13(22)23)17-9(19)5-16-10-12(21)11(20)8(6-18)25-14(10)24/h5,7-8,10-12,14,18,20-21,24H,1-4,6,15H2,(H,17,19)(H,22,23)/t7-,8+,10+,11+,12+,14+/m0/s1. The van der Waals surface area contributed by atoms with E-state index < -0.39 is 55.2 Å². The van der Waals surface area contributed by atoms with Crippen LogP contribution < -0.4 is 11.1 Å². The van der Waals surface area contributed by atoms with Crippen molar-refractivity contribution in [2.75, 3.05) is 13.2 Å². The molecular formula is C14H25N3O8. The number of hydrogen-bond donors (Lipinski definition) is 7. The Kier molecular flexibility index (Phi) is 8.89. The van der Waals surface area contributed by atoms with Gasteiger partial charge in [-0.1, -0.05) is 0 Å². The zero-order valence-corrected chi connectivity index (χ0v) is 13.6. The number of ether oxygens (including phenoxy) is 1. The Bertz CT molecular complexity index is 475. The largest absolute Gasteiger partial charge is 0.480 e. The van der Waals surface area contributed by atoms with E-state index in [0.29, 0.717) is 25.6 Å². The van der Waals surface area contributed by atoms with Crippen molar-refractivity contribution in [2.45, 2.75) is 55.9 Å². The Morgan fingerprint density at radius 3 is 2.48 bits per heavy atom. The van der Waals surface area contributed by atoms with Crippen LogP contribution in [0.4, 0.5) is 0 Å². The maximum Gasteiger partial charge on any atom is 0.326 e. The second-order valence-corrected chi connectivity index (χ2v) is 5.68. The molecule has 1 fully saturated rings. The number of aliphatic imine (C=N–C) groups is 1. The van der Waals surface area contributed by atoms with Crippen molar-refractivity contribution in [3.05, 3.63) is 0 Å². The highest BCUT2D eigenvalue weighted by Crippen LogP contribution is 2.21. The van der Waals surface area contributed by atoms with Crippen molar-refractivity contribution in [3.63, 3.8) is 0 Å². The molecule has 1 saturated heterocycles. The molecule has 0 spiro atoms. The van der Waals surface area contributed by atoms with Crippen LogP contribution in [0.1, 0.15) is 19.3 Å². The summed E-state index contributed by atoms with van der Waals surface area (Å²) in [7, 11) is 0. The van der Waals surface area contributed by atoms with Crippen LogP contribution in [0.3, 0.4) is 0 Å². The summed E-state index contributed by atoms with van der Waals surface area (Å²) in [5.74, 6) is -2.04. The zero-order chi connectivity index (χ0) is 19.0. The summed E-state index contributed by atoms with van der Waals surface area (Å²) < 4.78 is 4.89. The number of hydrogen-bond acceptors (Lipinski definition) is 9. The summed E-state index contributed by atoms with van der Waals surface area (Å²) in [6.45, 7) is -0.203. The van der Waals surface area contributed by atoms with Gasteiger partial charge in [0.1, 0.15) is 30.4 Å². The summed E-state index contributed by atoms with van der Waals surface area (Å²) in [4.78, 5) is 26.6. The van der Waals surface area contributed by atoms with Gasteiger partial charge in [0.2, 0.25) is 0 Å². The summed E-state index contributed by atoms with van der Waals surface area (Å²) in [6.07, 6.45) is -3.83. The van der Waals surface area contributed by atoms with Gasteiger partial charge in [0.05, 0.1) is 12.8 Å². The smallest absolute Gasteiger partial charge is 0.326 e. The lowest BCUT2D eigenvalue weighted by atomic mass is 9.97. The van der Waals surface area contributed by atoms with Gasteiger partial charge in [-0.3, -0.25) is 9.79 Å². The lowest BCUT2D eigenvalue weighted by Gasteiger charge is -2.38. The summed E-state index contributed by atoms with van der Waals surface area (Å²) in [6, 6.07) is -2.48. The van der Waals surface area contributed by atoms with E-state index in [1.165, 1.54) is 0 Å². The summed E-state index contributed by atoms with van der Waals surface area (Å²) in [5.41, 5.74) is 5.33. The maximum absolute atomic E-state index is 11.8. The predicted molar refractivity (Wildman–Crippen MR) is 84.7 cm³/mol. The van der Waals surface area contributed by atoms with Crippen LogP contribution in [0.2, 0.25) is 0 Å². The Labute approximate surface area is 144 Å². The van der Waals surface area contributed by atoms with Crippen molar-refractivity contribution in [3.8, 4) is 0 Å². The molecule has 0 radical (unpaired) electrons. The van der Waals surface area contributed by atoms with Crippen molar-refractivity contribution in [1.82, 2.24) is 5.32 Å². The number of nitrogens with zero attached hydrogens (tertiary/aromatic N) is 1. The molecule has 1 aliphatic heterocycles. The molecule has 8 N–H and O–H groups in total. The highest BCUT2D eigenvalue weighted by atomic mass is 16.6. The van der Waals surface area contributed by atoms with E-state index in [1.54, 1.807) is 0 Å². The lowest BCUT2D eigenvalue weighted by molar-refractivity contribution is -0.248. The van der Waals surface area contributed by atoms with Gasteiger partial charge in [0.25, 0.3) is 5.91 Å². The SMILES string of the molecule is NCCCC[C@H](NC(=O)C=N[C@@H]1[C@@H](O)[C@H](O)[C@@H](CO)O[C@H]1O)C(=O)O. The highest BCUT2D eigenvalue weighted by molar-refractivity contribution is 6.26. The van der Waals surface area contributed by atoms with Crippen LogP contribution in [-0.4, -0.2) is 93.5 Å². The Hall–Kier alpha value is -1.63. The van der Waals surface area contributed by atoms with Crippen molar-refractivity contribution in [1.29, 1.82) is 0 Å². The molecule has 144 valence electrons. The molecule has 1 amide bonds. The predicted octanol–water partition coefficient (Wildman–Crippen LogP) is -3.44. The van der Waals surface area contributed by atoms with E-state index in [-0.39, 0.29) is 6.42 Å². The third kappa shape index (κ3) is 6.30. The van der Waals surface area contributed by atoms with Gasteiger partial charge in [-0.15, -0.1) is 0 Å². The third-order valence-corrected chi connectivity index (χ3v) is 3.79. The zero-order valence-electron chi connectivity index (χ0n) is 13.6. The molecule has 11 nitrogen and oxygen atoms in total. The van der Waals surface area contributed by atoms with Crippen LogP contribution in [0, 0.1) is 0 Å². The minimum atomic E-state index is -1.64. The van der Waals surface area contributed by atoms with Crippen LogP contribution in [0.5, 0.6) is 0 Å². The second-order valence-electron chi connectivity index (χ2n) is 5.68. The number of aliphatic hydroxyl groups excluding tert-OH is 4. The summed E-state index contributed by atoms with van der Waals surface area (Å²) >= 11 is 0. The molecule has 1 aliphatic rings. The normalized spacial score (nSPS) is 31.0. The first-order chi connectivity index (χ1) is 11.8. The molecule has 25 heavy (non-hydrogen) atoms. The monoisotopic (exact) mass is 363 g/mol. The van der Waals surface area contributed by atoms with Gasteiger partial charge < -0.3 is 41.3 Å². The number of carboxylic acids is 1. The number of carboxylic acid groups (broad SMARTS) is 1. The number of carbonyl (C=O) groups is 2. The fourth-order valence-electron chi connectivity index (χ4n) is 2.36. The number of nitrogens with two attached hydrogens (primary N) is 1. The second kappa shape index (κ2) is 10.4. The van der Waals surface area contributed by atoms with Gasteiger partial charge in [-0.05, 0) is 25.8 Å². The number of carbonyl (C=O) groups excluding carboxylic acids is 1. The first-order valence-corrected chi connectivity index (χ1v) is 7.88. The van der Waals surface area contributed by atoms with Crippen molar-refractivity contribution in [2.24, 2.45) is 10.7 Å². The number of nitrogens with one attached hydrogen (secondary N) is 1. The van der Waals surface area contributed by atoms with E-state index in [4.69, 9.17) is 20.7 Å². The lowest BCUT2D eigenvalue weighted by Crippen LogP contribution is -2.58. The molecule has 0 aromatic heterocycles. The Balaban J connectivity index is 2.63. The fraction of sp³-hybridized carbons (Fsp3) is 0.786. The topological polar surface area (TPSA) is 195 Å². The Morgan fingerprint density at radius 1 is 1.24 bits per heavy atom. The van der Waals surface area contributed by atoms with E-state index in [9.17, 15) is 24.9 Å². The number of aliphatic carboxylic acids is 1. The maximum atomic E-state index is 11.8. The van der Waals surface area contributed by atoms with E-state index in [2.05, 4.69) is 10.3 Å². The third-order valence-electron chi connectivity index (χ3n) is 3.79. The average molecular weight is 363 g/mol. The van der Waals surface area contributed by atoms with Crippen LogP contribution in [0.25, 0.3) is 0 Å². The molecule has 0 bridgehead atoms. The van der Waals surface area contributed by atoms with Gasteiger partial charge in [-0.2, -0.15) is 0 Å². The quantitative estimate of drug-likeness (QED) is 0.161. The Morgan fingerprint density at radius 2 is 1.92 bits per heavy atom. The number of amides is 1. The average Bonchev–Trinajstić information content (AvgIpc) is 2.57. The van der Waals surface area contributed by atoms with E-state index in [0.717, 1.165) is 0 Å². The molecular weight excluding hydrogens is 338 g/mol. The van der Waals surface area contributed by atoms with Gasteiger partial charge in [0.15, 0.2) is 6.29 Å². The van der Waals surface area contributed by atoms with E-state index >= 15 is 0 Å². The van der Waals surface area contributed by atoms with Crippen LogP contribution in [0.15, 0.2) is 4.99 Å². The van der Waals surface area contributed by atoms with Crippen molar-refractivity contribution < 1.29 is 39.9 Å². The first kappa shape index (κ1) is 21.4. The molecule has 1 heterocycles. The molecule has 6 atom stereocenters. The number of aliphatic hydroxyl groups is 4. The van der Waals surface area contributed by atoms with Gasteiger partial charge in [0, 0.05) is 0 Å². The molecule has 0 aromatic carbocycles. The van der Waals surface area contributed by atoms with E-state index in [1.807, 2.05) is 0 Å². The molecule has 1 rings (SSSR count). The molecule has 0 aliphatic carbocycles. The van der Waals surface area contributed by atoms with Crippen molar-refractivity contribution >= 4 is 18.1 Å². The molecule has 0 saturated carbocycles.